The number of benzene rings is 1. The summed E-state index contributed by atoms with van der Waals surface area (Å²) in [4.78, 5) is 46.3. The Morgan fingerprint density at radius 3 is 2.38 bits per heavy atom. The fourth-order valence-electron chi connectivity index (χ4n) is 3.83. The van der Waals surface area contributed by atoms with Crippen LogP contribution < -0.4 is 21.3 Å². The maximum atomic E-state index is 13.0. The van der Waals surface area contributed by atoms with Crippen molar-refractivity contribution in [2.45, 2.75) is 13.5 Å². The summed E-state index contributed by atoms with van der Waals surface area (Å²) < 4.78 is 0. The standard InChI is InChI=1S/C24H26N6O3S/c1-16-19(22(32)27-15-17-7-3-2-4-8-17)23(34-20(16)21(25)31)28-24(33)30-13-11-29(12-14-30)18-9-5-6-10-26-18/h2-10H,11-15H2,1H3,(H2,25,31)(H,27,32)(H,28,33). The predicted molar refractivity (Wildman–Crippen MR) is 132 cm³/mol. The zero-order chi connectivity index (χ0) is 24.1. The van der Waals surface area contributed by atoms with Crippen molar-refractivity contribution >= 4 is 40.0 Å². The number of aromatic nitrogens is 1. The van der Waals surface area contributed by atoms with Crippen molar-refractivity contribution in [2.75, 3.05) is 36.4 Å². The molecule has 0 saturated carbocycles. The summed E-state index contributed by atoms with van der Waals surface area (Å²) in [5.74, 6) is -0.135. The zero-order valence-electron chi connectivity index (χ0n) is 18.8. The molecule has 0 bridgehead atoms. The topological polar surface area (TPSA) is 121 Å². The van der Waals surface area contributed by atoms with Crippen molar-refractivity contribution in [3.8, 4) is 0 Å². The molecule has 9 nitrogen and oxygen atoms in total. The van der Waals surface area contributed by atoms with Crippen LogP contribution in [0.25, 0.3) is 0 Å². The molecule has 4 rings (SSSR count). The van der Waals surface area contributed by atoms with E-state index in [1.54, 1.807) is 18.0 Å². The number of anilines is 2. The van der Waals surface area contributed by atoms with E-state index in [0.717, 1.165) is 22.7 Å². The Morgan fingerprint density at radius 2 is 1.74 bits per heavy atom. The van der Waals surface area contributed by atoms with Gasteiger partial charge >= 0.3 is 6.03 Å². The van der Waals surface area contributed by atoms with E-state index in [1.165, 1.54) is 0 Å². The van der Waals surface area contributed by atoms with Crippen LogP contribution in [-0.4, -0.2) is 53.9 Å². The Balaban J connectivity index is 1.45. The minimum absolute atomic E-state index is 0.250. The summed E-state index contributed by atoms with van der Waals surface area (Å²) >= 11 is 1.02. The third kappa shape index (κ3) is 5.18. The molecule has 0 spiro atoms. The molecular formula is C24H26N6O3S. The Labute approximate surface area is 201 Å². The van der Waals surface area contributed by atoms with Crippen LogP contribution in [0.4, 0.5) is 15.6 Å². The lowest BCUT2D eigenvalue weighted by atomic mass is 10.1. The van der Waals surface area contributed by atoms with Gasteiger partial charge in [-0.1, -0.05) is 36.4 Å². The lowest BCUT2D eigenvalue weighted by Gasteiger charge is -2.35. The zero-order valence-corrected chi connectivity index (χ0v) is 19.6. The first-order chi connectivity index (χ1) is 16.4. The third-order valence-corrected chi connectivity index (χ3v) is 6.88. The van der Waals surface area contributed by atoms with Crippen LogP contribution in [-0.2, 0) is 6.54 Å². The Morgan fingerprint density at radius 1 is 1.03 bits per heavy atom. The first kappa shape index (κ1) is 23.2. The van der Waals surface area contributed by atoms with Gasteiger partial charge in [0.2, 0.25) is 0 Å². The highest BCUT2D eigenvalue weighted by Crippen LogP contribution is 2.33. The number of rotatable bonds is 6. The number of hydrogen-bond acceptors (Lipinski definition) is 6. The smallest absolute Gasteiger partial charge is 0.322 e. The average molecular weight is 479 g/mol. The van der Waals surface area contributed by atoms with E-state index >= 15 is 0 Å². The fraction of sp³-hybridized carbons (Fsp3) is 0.250. The van der Waals surface area contributed by atoms with Crippen molar-refractivity contribution in [3.05, 3.63) is 76.3 Å². The van der Waals surface area contributed by atoms with E-state index in [9.17, 15) is 14.4 Å². The fourth-order valence-corrected chi connectivity index (χ4v) is 4.88. The molecule has 10 heteroatoms. The van der Waals surface area contributed by atoms with Crippen molar-refractivity contribution in [1.82, 2.24) is 15.2 Å². The van der Waals surface area contributed by atoms with Gasteiger partial charge in [0.25, 0.3) is 11.8 Å². The number of carbonyl (C=O) groups excluding carboxylic acids is 3. The van der Waals surface area contributed by atoms with Crippen LogP contribution in [0.2, 0.25) is 0 Å². The van der Waals surface area contributed by atoms with Gasteiger partial charge in [0.1, 0.15) is 10.8 Å². The van der Waals surface area contributed by atoms with Crippen LogP contribution in [0, 0.1) is 6.92 Å². The van der Waals surface area contributed by atoms with Crippen LogP contribution in [0.1, 0.15) is 31.2 Å². The van der Waals surface area contributed by atoms with Crippen LogP contribution >= 0.6 is 11.3 Å². The van der Waals surface area contributed by atoms with Gasteiger partial charge in [-0.3, -0.25) is 14.9 Å². The number of piperazine rings is 1. The summed E-state index contributed by atoms with van der Waals surface area (Å²) in [7, 11) is 0. The minimum atomic E-state index is -0.635. The number of nitrogens with two attached hydrogens (primary N) is 1. The number of primary amides is 1. The van der Waals surface area contributed by atoms with Gasteiger partial charge in [0.05, 0.1) is 10.4 Å². The highest BCUT2D eigenvalue weighted by atomic mass is 32.1. The molecule has 1 aliphatic heterocycles. The second kappa shape index (κ2) is 10.3. The van der Waals surface area contributed by atoms with Crippen molar-refractivity contribution in [2.24, 2.45) is 5.73 Å². The molecule has 3 heterocycles. The van der Waals surface area contributed by atoms with Gasteiger partial charge in [0.15, 0.2) is 0 Å². The highest BCUT2D eigenvalue weighted by molar-refractivity contribution is 7.18. The molecule has 0 aliphatic carbocycles. The van der Waals surface area contributed by atoms with E-state index in [-0.39, 0.29) is 22.4 Å². The maximum Gasteiger partial charge on any atom is 0.322 e. The number of nitrogens with one attached hydrogen (secondary N) is 2. The summed E-state index contributed by atoms with van der Waals surface area (Å²) in [6, 6.07) is 14.9. The Hall–Kier alpha value is -3.92. The largest absolute Gasteiger partial charge is 0.365 e. The monoisotopic (exact) mass is 478 g/mol. The maximum absolute atomic E-state index is 13.0. The minimum Gasteiger partial charge on any atom is -0.365 e. The molecular weight excluding hydrogens is 452 g/mol. The van der Waals surface area contributed by atoms with E-state index < -0.39 is 5.91 Å². The molecule has 0 radical (unpaired) electrons. The quantitative estimate of drug-likeness (QED) is 0.503. The number of carbonyl (C=O) groups is 3. The number of thiophene rings is 1. The lowest BCUT2D eigenvalue weighted by molar-refractivity contribution is 0.0951. The second-order valence-electron chi connectivity index (χ2n) is 7.89. The van der Waals surface area contributed by atoms with E-state index in [4.69, 9.17) is 5.73 Å². The molecule has 0 unspecified atom stereocenters. The van der Waals surface area contributed by atoms with Crippen molar-refractivity contribution < 1.29 is 14.4 Å². The SMILES string of the molecule is Cc1c(C(N)=O)sc(NC(=O)N2CCN(c3ccccn3)CC2)c1C(=O)NCc1ccccc1. The van der Waals surface area contributed by atoms with Crippen LogP contribution in [0.3, 0.4) is 0 Å². The Bertz CT molecular complexity index is 1170. The molecule has 1 fully saturated rings. The summed E-state index contributed by atoms with van der Waals surface area (Å²) in [6.45, 7) is 4.28. The lowest BCUT2D eigenvalue weighted by Crippen LogP contribution is -2.50. The number of nitrogens with zero attached hydrogens (tertiary/aromatic N) is 3. The van der Waals surface area contributed by atoms with Gasteiger partial charge in [-0.2, -0.15) is 0 Å². The molecule has 34 heavy (non-hydrogen) atoms. The summed E-state index contributed by atoms with van der Waals surface area (Å²) in [5, 5.41) is 6.01. The summed E-state index contributed by atoms with van der Waals surface area (Å²) in [6.07, 6.45) is 1.74. The number of urea groups is 1. The number of amides is 4. The van der Waals surface area contributed by atoms with Gasteiger partial charge in [-0.05, 0) is 30.2 Å². The highest BCUT2D eigenvalue weighted by Gasteiger charge is 2.27. The number of pyridine rings is 1. The average Bonchev–Trinajstić information content (AvgIpc) is 3.19. The molecule has 176 valence electrons. The van der Waals surface area contributed by atoms with Gasteiger partial charge in [0, 0.05) is 38.9 Å². The second-order valence-corrected chi connectivity index (χ2v) is 8.91. The molecule has 2 aromatic heterocycles. The molecule has 1 aromatic carbocycles. The van der Waals surface area contributed by atoms with E-state index in [0.29, 0.717) is 43.3 Å². The van der Waals surface area contributed by atoms with E-state index in [2.05, 4.69) is 20.5 Å². The normalized spacial score (nSPS) is 13.4. The van der Waals surface area contributed by atoms with Crippen molar-refractivity contribution in [1.29, 1.82) is 0 Å². The van der Waals surface area contributed by atoms with Crippen LogP contribution in [0.5, 0.6) is 0 Å². The van der Waals surface area contributed by atoms with Crippen LogP contribution in [0.15, 0.2) is 54.7 Å². The molecule has 3 aromatic rings. The predicted octanol–water partition coefficient (Wildman–Crippen LogP) is 2.83. The number of hydrogen-bond donors (Lipinski definition) is 3. The molecule has 0 atom stereocenters. The molecule has 4 N–H and O–H groups in total. The van der Waals surface area contributed by atoms with Gasteiger partial charge in [-0.25, -0.2) is 9.78 Å². The van der Waals surface area contributed by atoms with Crippen molar-refractivity contribution in [3.63, 3.8) is 0 Å². The molecule has 1 aliphatic rings. The molecule has 4 amide bonds. The summed E-state index contributed by atoms with van der Waals surface area (Å²) in [5.41, 5.74) is 7.17. The molecule has 1 saturated heterocycles. The van der Waals surface area contributed by atoms with Gasteiger partial charge in [-0.15, -0.1) is 11.3 Å². The van der Waals surface area contributed by atoms with Gasteiger partial charge < -0.3 is 20.9 Å². The Kier molecular flexibility index (Phi) is 7.07. The third-order valence-electron chi connectivity index (χ3n) is 5.65. The first-order valence-electron chi connectivity index (χ1n) is 10.9. The van der Waals surface area contributed by atoms with E-state index in [1.807, 2.05) is 48.5 Å². The first-order valence-corrected chi connectivity index (χ1v) is 11.7.